The van der Waals surface area contributed by atoms with E-state index in [0.717, 1.165) is 5.56 Å². The van der Waals surface area contributed by atoms with Crippen LogP contribution in [0.25, 0.3) is 11.1 Å². The van der Waals surface area contributed by atoms with Crippen LogP contribution in [-0.2, 0) is 6.61 Å². The minimum Gasteiger partial charge on any atom is -0.488 e. The third-order valence-electron chi connectivity index (χ3n) is 3.63. The number of rotatable bonds is 4. The van der Waals surface area contributed by atoms with Crippen molar-refractivity contribution in [1.29, 1.82) is 0 Å². The van der Waals surface area contributed by atoms with Gasteiger partial charge in [-0.2, -0.15) is 0 Å². The van der Waals surface area contributed by atoms with Crippen LogP contribution in [0.1, 0.15) is 11.1 Å². The molecule has 0 spiro atoms. The number of hydrogen-bond donors (Lipinski definition) is 0. The second-order valence-electron chi connectivity index (χ2n) is 5.23. The molecule has 0 unspecified atom stereocenters. The molecule has 0 atom stereocenters. The summed E-state index contributed by atoms with van der Waals surface area (Å²) < 4.78 is 20.3. The van der Waals surface area contributed by atoms with Crippen LogP contribution in [-0.4, -0.2) is 0 Å². The van der Waals surface area contributed by atoms with E-state index in [9.17, 15) is 4.39 Å². The molecule has 3 aromatic carbocycles. The van der Waals surface area contributed by atoms with Crippen molar-refractivity contribution in [2.24, 2.45) is 0 Å². The summed E-state index contributed by atoms with van der Waals surface area (Å²) in [6, 6.07) is 19.9. The van der Waals surface area contributed by atoms with Crippen LogP contribution < -0.4 is 4.74 Å². The second-order valence-corrected chi connectivity index (χ2v) is 5.64. The largest absolute Gasteiger partial charge is 0.488 e. The van der Waals surface area contributed by atoms with Crippen LogP contribution in [0.3, 0.4) is 0 Å². The van der Waals surface area contributed by atoms with Crippen LogP contribution >= 0.6 is 11.6 Å². The molecule has 0 amide bonds. The van der Waals surface area contributed by atoms with Crippen molar-refractivity contribution >= 4 is 11.6 Å². The van der Waals surface area contributed by atoms with Gasteiger partial charge in [-0.15, -0.1) is 6.42 Å². The molecule has 0 aromatic heterocycles. The fraction of sp³-hybridized carbons (Fsp3) is 0.0476. The highest BCUT2D eigenvalue weighted by molar-refractivity contribution is 6.31. The van der Waals surface area contributed by atoms with E-state index in [4.69, 9.17) is 22.8 Å². The van der Waals surface area contributed by atoms with Gasteiger partial charge in [0.15, 0.2) is 0 Å². The zero-order valence-electron chi connectivity index (χ0n) is 12.8. The highest BCUT2D eigenvalue weighted by Crippen LogP contribution is 2.35. The SMILES string of the molecule is C#Cc1ccc(-c2cccc(Cl)c2F)c(OCc2ccccc2)c1. The van der Waals surface area contributed by atoms with Crippen molar-refractivity contribution in [2.45, 2.75) is 6.61 Å². The van der Waals surface area contributed by atoms with Crippen molar-refractivity contribution in [1.82, 2.24) is 0 Å². The molecule has 0 aliphatic heterocycles. The molecule has 0 saturated carbocycles. The number of halogens is 2. The summed E-state index contributed by atoms with van der Waals surface area (Å²) in [6.45, 7) is 0.365. The summed E-state index contributed by atoms with van der Waals surface area (Å²) in [5.74, 6) is 2.62. The maximum Gasteiger partial charge on any atom is 0.149 e. The number of ether oxygens (including phenoxy) is 1. The number of terminal acetylenes is 1. The molecule has 3 heteroatoms. The minimum absolute atomic E-state index is 0.0718. The molecule has 0 aliphatic carbocycles. The molecule has 0 aliphatic rings. The first-order valence-electron chi connectivity index (χ1n) is 7.41. The molecule has 1 nitrogen and oxygen atoms in total. The standard InChI is InChI=1S/C21H14ClFO/c1-2-15-11-12-17(18-9-6-10-19(22)21(18)23)20(13-15)24-14-16-7-4-3-5-8-16/h1,3-13H,14H2. The molecule has 118 valence electrons. The van der Waals surface area contributed by atoms with Crippen molar-refractivity contribution < 1.29 is 9.13 Å². The van der Waals surface area contributed by atoms with E-state index in [-0.39, 0.29) is 5.02 Å². The third-order valence-corrected chi connectivity index (χ3v) is 3.92. The Morgan fingerprint density at radius 3 is 2.50 bits per heavy atom. The fourth-order valence-corrected chi connectivity index (χ4v) is 2.58. The van der Waals surface area contributed by atoms with Gasteiger partial charge < -0.3 is 4.74 Å². The molecule has 3 rings (SSSR count). The Hall–Kier alpha value is -2.76. The van der Waals surface area contributed by atoms with Crippen LogP contribution in [0, 0.1) is 18.2 Å². The summed E-state index contributed by atoms with van der Waals surface area (Å²) in [6.07, 6.45) is 5.47. The van der Waals surface area contributed by atoms with Crippen molar-refractivity contribution in [3.05, 3.63) is 88.7 Å². The Morgan fingerprint density at radius 1 is 0.958 bits per heavy atom. The Morgan fingerprint density at radius 2 is 1.75 bits per heavy atom. The number of hydrogen-bond acceptors (Lipinski definition) is 1. The molecule has 0 fully saturated rings. The summed E-state index contributed by atoms with van der Waals surface area (Å²) >= 11 is 5.90. The monoisotopic (exact) mass is 336 g/mol. The zero-order valence-corrected chi connectivity index (χ0v) is 13.6. The second kappa shape index (κ2) is 7.21. The third kappa shape index (κ3) is 3.42. The minimum atomic E-state index is -0.475. The molecule has 0 saturated heterocycles. The van der Waals surface area contributed by atoms with E-state index in [1.165, 1.54) is 6.07 Å². The molecular formula is C21H14ClFO. The van der Waals surface area contributed by atoms with Gasteiger partial charge in [0.05, 0.1) is 5.02 Å². The van der Waals surface area contributed by atoms with Gasteiger partial charge in [0.25, 0.3) is 0 Å². The van der Waals surface area contributed by atoms with Crippen LogP contribution in [0.15, 0.2) is 66.7 Å². The van der Waals surface area contributed by atoms with Gasteiger partial charge >= 0.3 is 0 Å². The molecule has 3 aromatic rings. The van der Waals surface area contributed by atoms with E-state index < -0.39 is 5.82 Å². The van der Waals surface area contributed by atoms with Gasteiger partial charge in [0, 0.05) is 16.7 Å². The van der Waals surface area contributed by atoms with E-state index >= 15 is 0 Å². The normalized spacial score (nSPS) is 10.2. The zero-order chi connectivity index (χ0) is 16.9. The van der Waals surface area contributed by atoms with Gasteiger partial charge in [0.2, 0.25) is 0 Å². The highest BCUT2D eigenvalue weighted by atomic mass is 35.5. The summed E-state index contributed by atoms with van der Waals surface area (Å²) in [7, 11) is 0. The van der Waals surface area contributed by atoms with Crippen LogP contribution in [0.4, 0.5) is 4.39 Å². The lowest BCUT2D eigenvalue weighted by Gasteiger charge is -2.13. The van der Waals surface area contributed by atoms with Gasteiger partial charge in [-0.05, 0) is 29.8 Å². The lowest BCUT2D eigenvalue weighted by molar-refractivity contribution is 0.307. The van der Waals surface area contributed by atoms with Crippen LogP contribution in [0.5, 0.6) is 5.75 Å². The maximum atomic E-state index is 14.4. The van der Waals surface area contributed by atoms with Gasteiger partial charge in [0.1, 0.15) is 18.2 Å². The summed E-state index contributed by atoms with van der Waals surface area (Å²) in [5.41, 5.74) is 2.68. The lowest BCUT2D eigenvalue weighted by Crippen LogP contribution is -1.98. The first kappa shape index (κ1) is 16.1. The quantitative estimate of drug-likeness (QED) is 0.555. The van der Waals surface area contributed by atoms with Gasteiger partial charge in [-0.1, -0.05) is 60.0 Å². The highest BCUT2D eigenvalue weighted by Gasteiger charge is 2.14. The van der Waals surface area contributed by atoms with Gasteiger partial charge in [-0.25, -0.2) is 4.39 Å². The Balaban J connectivity index is 2.00. The molecule has 0 bridgehead atoms. The molecule has 0 heterocycles. The topological polar surface area (TPSA) is 9.23 Å². The predicted molar refractivity (Wildman–Crippen MR) is 95.6 cm³/mol. The molecule has 0 N–H and O–H groups in total. The average molecular weight is 337 g/mol. The lowest BCUT2D eigenvalue weighted by atomic mass is 10.0. The molecule has 0 radical (unpaired) electrons. The predicted octanol–water partition coefficient (Wildman–Crippen LogP) is 5.71. The Kier molecular flexibility index (Phi) is 4.84. The van der Waals surface area contributed by atoms with Crippen molar-refractivity contribution in [3.8, 4) is 29.2 Å². The maximum absolute atomic E-state index is 14.4. The van der Waals surface area contributed by atoms with Crippen molar-refractivity contribution in [3.63, 3.8) is 0 Å². The van der Waals surface area contributed by atoms with E-state index in [1.54, 1.807) is 30.3 Å². The summed E-state index contributed by atoms with van der Waals surface area (Å²) in [4.78, 5) is 0. The molecule has 24 heavy (non-hydrogen) atoms. The van der Waals surface area contributed by atoms with E-state index in [2.05, 4.69) is 5.92 Å². The van der Waals surface area contributed by atoms with Crippen molar-refractivity contribution in [2.75, 3.05) is 0 Å². The van der Waals surface area contributed by atoms with E-state index in [1.807, 2.05) is 30.3 Å². The fourth-order valence-electron chi connectivity index (χ4n) is 2.40. The smallest absolute Gasteiger partial charge is 0.149 e. The first-order valence-corrected chi connectivity index (χ1v) is 7.78. The Bertz CT molecular complexity index is 897. The average Bonchev–Trinajstić information content (AvgIpc) is 2.63. The van der Waals surface area contributed by atoms with E-state index in [0.29, 0.717) is 29.0 Å². The summed E-state index contributed by atoms with van der Waals surface area (Å²) in [5, 5.41) is 0.0718. The first-order chi connectivity index (χ1) is 11.7. The van der Waals surface area contributed by atoms with Crippen LogP contribution in [0.2, 0.25) is 5.02 Å². The molecular weight excluding hydrogens is 323 g/mol. The Labute approximate surface area is 145 Å². The number of benzene rings is 3. The van der Waals surface area contributed by atoms with Gasteiger partial charge in [-0.3, -0.25) is 0 Å².